The van der Waals surface area contributed by atoms with Gasteiger partial charge in [0.1, 0.15) is 5.82 Å². The number of rotatable bonds is 5. The van der Waals surface area contributed by atoms with Gasteiger partial charge < -0.3 is 15.1 Å². The molecule has 0 saturated carbocycles. The molecule has 1 fully saturated rings. The zero-order chi connectivity index (χ0) is 18.6. The molecular formula is C16H18Cl2FN3O3. The summed E-state index contributed by atoms with van der Waals surface area (Å²) in [6.07, 6.45) is 1.33. The first-order valence-corrected chi connectivity index (χ1v) is 8.49. The van der Waals surface area contributed by atoms with E-state index < -0.39 is 17.6 Å². The van der Waals surface area contributed by atoms with Gasteiger partial charge >= 0.3 is 11.8 Å². The summed E-state index contributed by atoms with van der Waals surface area (Å²) in [6, 6.07) is 2.58. The molecule has 9 heteroatoms. The molecule has 1 heterocycles. The van der Waals surface area contributed by atoms with E-state index in [0.717, 1.165) is 6.42 Å². The van der Waals surface area contributed by atoms with E-state index in [1.807, 2.05) is 0 Å². The molecule has 0 spiro atoms. The van der Waals surface area contributed by atoms with Crippen LogP contribution in [0.4, 0.5) is 4.39 Å². The van der Waals surface area contributed by atoms with Crippen LogP contribution in [-0.2, 0) is 20.9 Å². The molecule has 6 nitrogen and oxygen atoms in total. The van der Waals surface area contributed by atoms with E-state index in [-0.39, 0.29) is 34.6 Å². The van der Waals surface area contributed by atoms with Crippen LogP contribution in [0, 0.1) is 5.82 Å². The van der Waals surface area contributed by atoms with E-state index in [2.05, 4.69) is 5.32 Å². The van der Waals surface area contributed by atoms with Gasteiger partial charge in [0.15, 0.2) is 0 Å². The summed E-state index contributed by atoms with van der Waals surface area (Å²) in [4.78, 5) is 38.4. The highest BCUT2D eigenvalue weighted by molar-refractivity contribution is 6.35. The average Bonchev–Trinajstić information content (AvgIpc) is 2.98. The van der Waals surface area contributed by atoms with Crippen LogP contribution < -0.4 is 5.32 Å². The largest absolute Gasteiger partial charge is 0.344 e. The Morgan fingerprint density at radius 3 is 2.72 bits per heavy atom. The summed E-state index contributed by atoms with van der Waals surface area (Å²) in [6.45, 7) is 1.08. The minimum absolute atomic E-state index is 0.0543. The Labute approximate surface area is 154 Å². The van der Waals surface area contributed by atoms with Gasteiger partial charge in [0.2, 0.25) is 5.91 Å². The Bertz CT molecular complexity index is 699. The van der Waals surface area contributed by atoms with Crippen molar-refractivity contribution in [2.24, 2.45) is 0 Å². The molecule has 0 aliphatic carbocycles. The van der Waals surface area contributed by atoms with Crippen molar-refractivity contribution in [3.63, 3.8) is 0 Å². The van der Waals surface area contributed by atoms with Crippen molar-refractivity contribution in [2.75, 3.05) is 26.7 Å². The van der Waals surface area contributed by atoms with Gasteiger partial charge in [-0.25, -0.2) is 4.39 Å². The molecule has 1 N–H and O–H groups in total. The smallest absolute Gasteiger partial charge is 0.311 e. The lowest BCUT2D eigenvalue weighted by atomic mass is 10.2. The van der Waals surface area contributed by atoms with E-state index in [9.17, 15) is 18.8 Å². The van der Waals surface area contributed by atoms with Gasteiger partial charge in [-0.3, -0.25) is 14.4 Å². The zero-order valence-electron chi connectivity index (χ0n) is 13.7. The molecule has 0 unspecified atom stereocenters. The maximum atomic E-state index is 13.8. The van der Waals surface area contributed by atoms with E-state index in [0.29, 0.717) is 19.5 Å². The first-order valence-electron chi connectivity index (χ1n) is 7.74. The number of carbonyl (C=O) groups is 3. The first kappa shape index (κ1) is 19.5. The molecule has 136 valence electrons. The maximum absolute atomic E-state index is 13.8. The number of likely N-dealkylation sites (tertiary alicyclic amines) is 1. The molecular weight excluding hydrogens is 372 g/mol. The number of nitrogens with zero attached hydrogens (tertiary/aromatic N) is 2. The van der Waals surface area contributed by atoms with Crippen molar-refractivity contribution < 1.29 is 18.8 Å². The predicted molar refractivity (Wildman–Crippen MR) is 91.7 cm³/mol. The summed E-state index contributed by atoms with van der Waals surface area (Å²) in [5, 5.41) is 2.42. The van der Waals surface area contributed by atoms with Gasteiger partial charge in [-0.05, 0) is 18.6 Å². The van der Waals surface area contributed by atoms with Crippen LogP contribution in [0.1, 0.15) is 18.4 Å². The lowest BCUT2D eigenvalue weighted by molar-refractivity contribution is -0.145. The van der Waals surface area contributed by atoms with Gasteiger partial charge in [-0.15, -0.1) is 0 Å². The monoisotopic (exact) mass is 389 g/mol. The molecule has 2 rings (SSSR count). The second-order valence-corrected chi connectivity index (χ2v) is 6.60. The first-order chi connectivity index (χ1) is 11.8. The number of benzene rings is 1. The highest BCUT2D eigenvalue weighted by Gasteiger charge is 2.23. The SMILES string of the molecule is CN(CCN1CCCC1=O)C(=O)C(=O)NCc1cc(Cl)cc(Cl)c1F. The number of hydrogen-bond acceptors (Lipinski definition) is 3. The molecule has 0 aromatic heterocycles. The third-order valence-electron chi connectivity index (χ3n) is 3.93. The van der Waals surface area contributed by atoms with Crippen molar-refractivity contribution >= 4 is 40.9 Å². The van der Waals surface area contributed by atoms with E-state index in [1.54, 1.807) is 4.90 Å². The quantitative estimate of drug-likeness (QED) is 0.616. The fourth-order valence-electron chi connectivity index (χ4n) is 2.48. The fraction of sp³-hybridized carbons (Fsp3) is 0.438. The van der Waals surface area contributed by atoms with Crippen molar-refractivity contribution in [2.45, 2.75) is 19.4 Å². The number of halogens is 3. The molecule has 1 aliphatic heterocycles. The van der Waals surface area contributed by atoms with Gasteiger partial charge in [0, 0.05) is 50.2 Å². The van der Waals surface area contributed by atoms with E-state index >= 15 is 0 Å². The number of amides is 3. The molecule has 1 aromatic carbocycles. The lowest BCUT2D eigenvalue weighted by Gasteiger charge is -2.21. The van der Waals surface area contributed by atoms with Crippen molar-refractivity contribution in [3.05, 3.63) is 33.6 Å². The molecule has 25 heavy (non-hydrogen) atoms. The Hall–Kier alpha value is -1.86. The second kappa shape index (κ2) is 8.49. The normalized spacial score (nSPS) is 13.9. The van der Waals surface area contributed by atoms with Gasteiger partial charge in [0.25, 0.3) is 0 Å². The van der Waals surface area contributed by atoms with Crippen LogP contribution in [0.5, 0.6) is 0 Å². The van der Waals surface area contributed by atoms with Crippen LogP contribution in [0.25, 0.3) is 0 Å². The molecule has 0 radical (unpaired) electrons. The van der Waals surface area contributed by atoms with E-state index in [1.165, 1.54) is 24.1 Å². The fourth-order valence-corrected chi connectivity index (χ4v) is 3.01. The standard InChI is InChI=1S/C16H18Cl2FN3O3/c1-21(5-6-22-4-2-3-13(22)23)16(25)15(24)20-9-10-7-11(17)8-12(18)14(10)19/h7-8H,2-6,9H2,1H3,(H,20,24). The van der Waals surface area contributed by atoms with Crippen molar-refractivity contribution in [3.8, 4) is 0 Å². The second-order valence-electron chi connectivity index (χ2n) is 5.75. The van der Waals surface area contributed by atoms with Crippen molar-refractivity contribution in [1.29, 1.82) is 0 Å². The zero-order valence-corrected chi connectivity index (χ0v) is 15.2. The number of nitrogens with one attached hydrogen (secondary N) is 1. The molecule has 3 amide bonds. The van der Waals surface area contributed by atoms with Gasteiger partial charge in [-0.2, -0.15) is 0 Å². The molecule has 1 aromatic rings. The Balaban J connectivity index is 1.85. The van der Waals surface area contributed by atoms with Crippen LogP contribution in [0.2, 0.25) is 10.0 Å². The maximum Gasteiger partial charge on any atom is 0.311 e. The highest BCUT2D eigenvalue weighted by atomic mass is 35.5. The van der Waals surface area contributed by atoms with Crippen LogP contribution in [0.3, 0.4) is 0 Å². The number of likely N-dealkylation sites (N-methyl/N-ethyl adjacent to an activating group) is 1. The van der Waals surface area contributed by atoms with Crippen LogP contribution in [-0.4, -0.2) is 54.2 Å². The Morgan fingerprint density at radius 1 is 1.36 bits per heavy atom. The topological polar surface area (TPSA) is 69.7 Å². The molecule has 1 saturated heterocycles. The summed E-state index contributed by atoms with van der Waals surface area (Å²) in [7, 11) is 1.47. The minimum Gasteiger partial charge on any atom is -0.344 e. The van der Waals surface area contributed by atoms with E-state index in [4.69, 9.17) is 23.2 Å². The summed E-state index contributed by atoms with van der Waals surface area (Å²) in [5.74, 6) is -2.27. The van der Waals surface area contributed by atoms with Crippen molar-refractivity contribution in [1.82, 2.24) is 15.1 Å². The molecule has 1 aliphatic rings. The summed E-state index contributed by atoms with van der Waals surface area (Å²) < 4.78 is 13.8. The molecule has 0 atom stereocenters. The van der Waals surface area contributed by atoms with Crippen LogP contribution >= 0.6 is 23.2 Å². The highest BCUT2D eigenvalue weighted by Crippen LogP contribution is 2.23. The Morgan fingerprint density at radius 2 is 2.08 bits per heavy atom. The Kier molecular flexibility index (Phi) is 6.61. The third-order valence-corrected chi connectivity index (χ3v) is 4.42. The average molecular weight is 390 g/mol. The third kappa shape index (κ3) is 5.06. The number of hydrogen-bond donors (Lipinski definition) is 1. The van der Waals surface area contributed by atoms with Gasteiger partial charge in [0.05, 0.1) is 5.02 Å². The van der Waals surface area contributed by atoms with Crippen LogP contribution in [0.15, 0.2) is 12.1 Å². The minimum atomic E-state index is -0.870. The summed E-state index contributed by atoms with van der Waals surface area (Å²) in [5.41, 5.74) is 0.0870. The van der Waals surface area contributed by atoms with Gasteiger partial charge in [-0.1, -0.05) is 23.2 Å². The molecule has 0 bridgehead atoms. The summed E-state index contributed by atoms with van der Waals surface area (Å²) >= 11 is 11.5. The predicted octanol–water partition coefficient (Wildman–Crippen LogP) is 1.83. The lowest BCUT2D eigenvalue weighted by Crippen LogP contribution is -2.44. The number of carbonyl (C=O) groups excluding carboxylic acids is 3.